The van der Waals surface area contributed by atoms with Crippen molar-refractivity contribution in [3.05, 3.63) is 22.8 Å². The van der Waals surface area contributed by atoms with Gasteiger partial charge in [0.15, 0.2) is 0 Å². The fourth-order valence-electron chi connectivity index (χ4n) is 2.66. The van der Waals surface area contributed by atoms with E-state index in [1.54, 1.807) is 0 Å². The fraction of sp³-hybridized carbons (Fsp3) is 0.583. The molecule has 2 heterocycles. The molecule has 0 radical (unpaired) electrons. The minimum absolute atomic E-state index is 0.0275. The lowest BCUT2D eigenvalue weighted by Gasteiger charge is -2.19. The van der Waals surface area contributed by atoms with Crippen LogP contribution in [-0.2, 0) is 6.18 Å². The zero-order valence-corrected chi connectivity index (χ0v) is 10.8. The van der Waals surface area contributed by atoms with Crippen molar-refractivity contribution in [3.63, 3.8) is 0 Å². The smallest absolute Gasteiger partial charge is 0.353 e. The number of aromatic nitrogens is 1. The number of halogens is 4. The van der Waals surface area contributed by atoms with E-state index in [1.165, 1.54) is 0 Å². The van der Waals surface area contributed by atoms with E-state index in [4.69, 9.17) is 17.3 Å². The van der Waals surface area contributed by atoms with Gasteiger partial charge in [-0.05, 0) is 18.9 Å². The van der Waals surface area contributed by atoms with Crippen LogP contribution in [0.3, 0.4) is 0 Å². The molecule has 1 aliphatic heterocycles. The van der Waals surface area contributed by atoms with Gasteiger partial charge in [0.05, 0.1) is 10.6 Å². The number of nitrogens with zero attached hydrogens (tertiary/aromatic N) is 2. The number of rotatable bonds is 1. The third kappa shape index (κ3) is 2.17. The molecular formula is C12H13ClF3N3. The Kier molecular flexibility index (Phi) is 2.73. The molecule has 1 aromatic heterocycles. The van der Waals surface area contributed by atoms with Gasteiger partial charge in [-0.3, -0.25) is 0 Å². The summed E-state index contributed by atoms with van der Waals surface area (Å²) in [6.07, 6.45) is -1.45. The first-order valence-corrected chi connectivity index (χ1v) is 6.43. The van der Waals surface area contributed by atoms with E-state index in [9.17, 15) is 13.2 Å². The van der Waals surface area contributed by atoms with Crippen LogP contribution in [0.4, 0.5) is 19.0 Å². The zero-order chi connectivity index (χ0) is 13.8. The number of hydrogen-bond acceptors (Lipinski definition) is 3. The Morgan fingerprint density at radius 1 is 1.42 bits per heavy atom. The molecule has 1 saturated carbocycles. The lowest BCUT2D eigenvalue weighted by atomic mass is 10.0. The summed E-state index contributed by atoms with van der Waals surface area (Å²) in [5.74, 6) is 0.397. The summed E-state index contributed by atoms with van der Waals surface area (Å²) in [6, 6.07) is 0.973. The van der Waals surface area contributed by atoms with Crippen molar-refractivity contribution < 1.29 is 13.2 Å². The quantitative estimate of drug-likeness (QED) is 0.865. The number of anilines is 1. The van der Waals surface area contributed by atoms with Crippen molar-refractivity contribution in [3.8, 4) is 0 Å². The molecule has 1 atom stereocenters. The minimum Gasteiger partial charge on any atom is -0.353 e. The Morgan fingerprint density at radius 3 is 2.58 bits per heavy atom. The molecule has 0 amide bonds. The Morgan fingerprint density at radius 2 is 2.11 bits per heavy atom. The van der Waals surface area contributed by atoms with Crippen LogP contribution in [0.25, 0.3) is 0 Å². The lowest BCUT2D eigenvalue weighted by molar-refractivity contribution is -0.137. The van der Waals surface area contributed by atoms with Gasteiger partial charge in [-0.15, -0.1) is 0 Å². The lowest BCUT2D eigenvalue weighted by Crippen LogP contribution is -2.30. The Labute approximate surface area is 113 Å². The highest BCUT2D eigenvalue weighted by molar-refractivity contribution is 6.33. The molecular weight excluding hydrogens is 279 g/mol. The predicted molar refractivity (Wildman–Crippen MR) is 66.1 cm³/mol. The highest BCUT2D eigenvalue weighted by Gasteiger charge is 2.54. The monoisotopic (exact) mass is 291 g/mol. The van der Waals surface area contributed by atoms with E-state index < -0.39 is 11.7 Å². The molecule has 1 aliphatic carbocycles. The molecule has 2 aliphatic rings. The second-order valence-electron chi connectivity index (χ2n) is 5.38. The molecule has 1 spiro atoms. The van der Waals surface area contributed by atoms with Gasteiger partial charge < -0.3 is 10.6 Å². The van der Waals surface area contributed by atoms with Gasteiger partial charge in [-0.1, -0.05) is 11.6 Å². The fourth-order valence-corrected chi connectivity index (χ4v) is 2.95. The van der Waals surface area contributed by atoms with E-state index >= 15 is 0 Å². The van der Waals surface area contributed by atoms with Crippen LogP contribution in [0.1, 0.15) is 18.4 Å². The third-order valence-electron chi connectivity index (χ3n) is 4.05. The molecule has 1 saturated heterocycles. The van der Waals surface area contributed by atoms with Gasteiger partial charge >= 0.3 is 6.18 Å². The Bertz CT molecular complexity index is 513. The number of hydrogen-bond donors (Lipinski definition) is 1. The van der Waals surface area contributed by atoms with Gasteiger partial charge in [0.2, 0.25) is 0 Å². The van der Waals surface area contributed by atoms with Crippen LogP contribution in [0.15, 0.2) is 12.3 Å². The second-order valence-corrected chi connectivity index (χ2v) is 5.78. The van der Waals surface area contributed by atoms with Crippen molar-refractivity contribution in [1.29, 1.82) is 0 Å². The van der Waals surface area contributed by atoms with E-state index in [1.807, 2.05) is 4.90 Å². The summed E-state index contributed by atoms with van der Waals surface area (Å²) < 4.78 is 37.6. The molecule has 2 fully saturated rings. The van der Waals surface area contributed by atoms with E-state index in [-0.39, 0.29) is 16.5 Å². The number of alkyl halides is 3. The van der Waals surface area contributed by atoms with Crippen LogP contribution in [0.2, 0.25) is 5.02 Å². The summed E-state index contributed by atoms with van der Waals surface area (Å²) in [4.78, 5) is 5.76. The standard InChI is InChI=1S/C12H13ClF3N3/c13-8-3-7(12(14,15)16)4-18-10(8)19-5-9(17)11(6-19)1-2-11/h3-4,9H,1-2,5-6,17H2/t9-/m0/s1. The minimum atomic E-state index is -4.42. The number of pyridine rings is 1. The molecule has 3 nitrogen and oxygen atoms in total. The van der Waals surface area contributed by atoms with Gasteiger partial charge in [-0.2, -0.15) is 13.2 Å². The second kappa shape index (κ2) is 3.99. The largest absolute Gasteiger partial charge is 0.417 e. The van der Waals surface area contributed by atoms with Crippen molar-refractivity contribution >= 4 is 17.4 Å². The maximum atomic E-state index is 12.5. The summed E-state index contributed by atoms with van der Waals surface area (Å²) in [5.41, 5.74) is 5.36. The van der Waals surface area contributed by atoms with E-state index in [2.05, 4.69) is 4.98 Å². The first-order chi connectivity index (χ1) is 8.82. The summed E-state index contributed by atoms with van der Waals surface area (Å²) >= 11 is 5.93. The molecule has 19 heavy (non-hydrogen) atoms. The molecule has 0 bridgehead atoms. The van der Waals surface area contributed by atoms with Crippen LogP contribution in [0, 0.1) is 5.41 Å². The SMILES string of the molecule is N[C@H]1CN(c2ncc(C(F)(F)F)cc2Cl)CC12CC2. The van der Waals surface area contributed by atoms with Crippen molar-refractivity contribution in [2.45, 2.75) is 25.1 Å². The van der Waals surface area contributed by atoms with E-state index in [0.717, 1.165) is 31.6 Å². The molecule has 0 unspecified atom stereocenters. The summed E-state index contributed by atoms with van der Waals surface area (Å²) in [7, 11) is 0. The Hall–Kier alpha value is -1.01. The van der Waals surface area contributed by atoms with Crippen molar-refractivity contribution in [1.82, 2.24) is 4.98 Å². The average Bonchev–Trinajstić information content (AvgIpc) is 3.00. The van der Waals surface area contributed by atoms with Gasteiger partial charge in [0, 0.05) is 30.7 Å². The Balaban J connectivity index is 1.86. The zero-order valence-electron chi connectivity index (χ0n) is 10.0. The highest BCUT2D eigenvalue weighted by atomic mass is 35.5. The average molecular weight is 292 g/mol. The molecule has 0 aromatic carbocycles. The first kappa shape index (κ1) is 13.0. The maximum absolute atomic E-state index is 12.5. The molecule has 3 rings (SSSR count). The van der Waals surface area contributed by atoms with Crippen LogP contribution < -0.4 is 10.6 Å². The van der Waals surface area contributed by atoms with Crippen molar-refractivity contribution in [2.75, 3.05) is 18.0 Å². The molecule has 7 heteroatoms. The van der Waals surface area contributed by atoms with Gasteiger partial charge in [0.1, 0.15) is 5.82 Å². The summed E-state index contributed by atoms with van der Waals surface area (Å²) in [6.45, 7) is 1.32. The van der Waals surface area contributed by atoms with Gasteiger partial charge in [-0.25, -0.2) is 4.98 Å². The third-order valence-corrected chi connectivity index (χ3v) is 4.33. The van der Waals surface area contributed by atoms with E-state index in [0.29, 0.717) is 12.4 Å². The summed E-state index contributed by atoms with van der Waals surface area (Å²) in [5, 5.41) is 0.0275. The van der Waals surface area contributed by atoms with Crippen LogP contribution >= 0.6 is 11.6 Å². The van der Waals surface area contributed by atoms with Crippen molar-refractivity contribution in [2.24, 2.45) is 11.1 Å². The molecule has 2 N–H and O–H groups in total. The maximum Gasteiger partial charge on any atom is 0.417 e. The van der Waals surface area contributed by atoms with Gasteiger partial charge in [0.25, 0.3) is 0 Å². The topological polar surface area (TPSA) is 42.1 Å². The normalized spacial score (nSPS) is 25.1. The molecule has 1 aromatic rings. The number of nitrogens with two attached hydrogens (primary N) is 1. The molecule has 104 valence electrons. The van der Waals surface area contributed by atoms with Crippen LogP contribution in [0.5, 0.6) is 0 Å². The van der Waals surface area contributed by atoms with Crippen LogP contribution in [-0.4, -0.2) is 24.1 Å². The highest BCUT2D eigenvalue weighted by Crippen LogP contribution is 2.53. The predicted octanol–water partition coefficient (Wildman–Crippen LogP) is 2.68. The first-order valence-electron chi connectivity index (χ1n) is 6.05.